The van der Waals surface area contributed by atoms with Crippen molar-refractivity contribution in [2.24, 2.45) is 0 Å². The van der Waals surface area contributed by atoms with Crippen LogP contribution in [-0.4, -0.2) is 34.1 Å². The normalized spacial score (nSPS) is 12.8. The summed E-state index contributed by atoms with van der Waals surface area (Å²) in [5, 5.41) is 3.99. The molecular formula is C19H19ClN2O4S2. The molecule has 3 aromatic rings. The number of rotatable bonds is 7. The first-order valence-electron chi connectivity index (χ1n) is 8.41. The first-order valence-corrected chi connectivity index (χ1v) is 11.1. The second-order valence-corrected chi connectivity index (χ2v) is 9.34. The van der Waals surface area contributed by atoms with E-state index in [1.165, 1.54) is 42.7 Å². The van der Waals surface area contributed by atoms with E-state index in [0.29, 0.717) is 15.6 Å². The lowest BCUT2D eigenvalue weighted by Gasteiger charge is -2.13. The van der Waals surface area contributed by atoms with Crippen molar-refractivity contribution in [2.75, 3.05) is 19.0 Å². The van der Waals surface area contributed by atoms with Crippen LogP contribution < -0.4 is 10.0 Å². The lowest BCUT2D eigenvalue weighted by molar-refractivity contribution is 0.103. The Morgan fingerprint density at radius 3 is 2.50 bits per heavy atom. The number of methoxy groups -OCH3 is 1. The van der Waals surface area contributed by atoms with Gasteiger partial charge in [0.05, 0.1) is 16.5 Å². The molecule has 1 atom stereocenters. The molecular weight excluding hydrogens is 420 g/mol. The van der Waals surface area contributed by atoms with Gasteiger partial charge in [0.2, 0.25) is 10.0 Å². The molecule has 9 heteroatoms. The predicted octanol–water partition coefficient (Wildman–Crippen LogP) is 4.12. The molecule has 1 unspecified atom stereocenters. The van der Waals surface area contributed by atoms with E-state index in [2.05, 4.69) is 10.0 Å². The van der Waals surface area contributed by atoms with Gasteiger partial charge in [-0.3, -0.25) is 4.79 Å². The fraction of sp³-hybridized carbons (Fsp3) is 0.211. The third-order valence-electron chi connectivity index (χ3n) is 3.94. The van der Waals surface area contributed by atoms with Crippen LogP contribution >= 0.6 is 22.9 Å². The highest BCUT2D eigenvalue weighted by molar-refractivity contribution is 7.89. The summed E-state index contributed by atoms with van der Waals surface area (Å²) in [5.41, 5.74) is 0.474. The monoisotopic (exact) mass is 438 g/mol. The summed E-state index contributed by atoms with van der Waals surface area (Å²) in [6.45, 7) is 1.98. The van der Waals surface area contributed by atoms with E-state index >= 15 is 0 Å². The summed E-state index contributed by atoms with van der Waals surface area (Å²) < 4.78 is 33.1. The number of fused-ring (bicyclic) bond motifs is 1. The smallest absolute Gasteiger partial charge is 0.267 e. The average molecular weight is 439 g/mol. The molecule has 0 saturated carbocycles. The van der Waals surface area contributed by atoms with Gasteiger partial charge in [-0.2, -0.15) is 0 Å². The van der Waals surface area contributed by atoms with Crippen LogP contribution in [0.4, 0.5) is 5.69 Å². The van der Waals surface area contributed by atoms with E-state index in [1.807, 2.05) is 24.3 Å². The maximum Gasteiger partial charge on any atom is 0.267 e. The van der Waals surface area contributed by atoms with Crippen molar-refractivity contribution in [3.05, 3.63) is 58.4 Å². The van der Waals surface area contributed by atoms with Crippen molar-refractivity contribution >= 4 is 54.6 Å². The summed E-state index contributed by atoms with van der Waals surface area (Å²) in [6, 6.07) is 13.1. The summed E-state index contributed by atoms with van der Waals surface area (Å²) >= 11 is 7.64. The zero-order chi connectivity index (χ0) is 20.3. The molecule has 0 aliphatic heterocycles. The van der Waals surface area contributed by atoms with Gasteiger partial charge in [-0.1, -0.05) is 29.8 Å². The molecule has 2 N–H and O–H groups in total. The van der Waals surface area contributed by atoms with E-state index in [4.69, 9.17) is 16.3 Å². The highest BCUT2D eigenvalue weighted by Gasteiger charge is 2.19. The first kappa shape index (κ1) is 20.8. The highest BCUT2D eigenvalue weighted by Crippen LogP contribution is 2.35. The average Bonchev–Trinajstić information content (AvgIpc) is 2.99. The topological polar surface area (TPSA) is 84.5 Å². The Balaban J connectivity index is 1.75. The minimum absolute atomic E-state index is 0.105. The quantitative estimate of drug-likeness (QED) is 0.581. The zero-order valence-electron chi connectivity index (χ0n) is 15.2. The number of ether oxygens (including phenoxy) is 1. The van der Waals surface area contributed by atoms with Crippen LogP contribution in [0.15, 0.2) is 53.4 Å². The molecule has 148 valence electrons. The van der Waals surface area contributed by atoms with Crippen molar-refractivity contribution in [3.63, 3.8) is 0 Å². The molecule has 1 aromatic heterocycles. The van der Waals surface area contributed by atoms with Crippen LogP contribution in [0.2, 0.25) is 5.02 Å². The van der Waals surface area contributed by atoms with Crippen LogP contribution in [0, 0.1) is 0 Å². The van der Waals surface area contributed by atoms with Crippen LogP contribution in [-0.2, 0) is 14.8 Å². The Labute approximate surface area is 172 Å². The number of thiophene rings is 1. The Morgan fingerprint density at radius 1 is 1.18 bits per heavy atom. The van der Waals surface area contributed by atoms with Gasteiger partial charge >= 0.3 is 0 Å². The lowest BCUT2D eigenvalue weighted by Crippen LogP contribution is -2.35. The van der Waals surface area contributed by atoms with Crippen LogP contribution in [0.1, 0.15) is 16.6 Å². The van der Waals surface area contributed by atoms with E-state index in [1.54, 1.807) is 6.92 Å². The molecule has 2 aromatic carbocycles. The number of halogens is 1. The van der Waals surface area contributed by atoms with Crippen LogP contribution in [0.25, 0.3) is 10.1 Å². The summed E-state index contributed by atoms with van der Waals surface area (Å²) in [4.78, 5) is 13.1. The molecule has 0 radical (unpaired) electrons. The summed E-state index contributed by atoms with van der Waals surface area (Å²) in [6.07, 6.45) is 0. The van der Waals surface area contributed by atoms with Crippen molar-refractivity contribution < 1.29 is 17.9 Å². The van der Waals surface area contributed by atoms with Crippen molar-refractivity contribution in [1.82, 2.24) is 4.72 Å². The fourth-order valence-electron chi connectivity index (χ4n) is 2.68. The molecule has 6 nitrogen and oxygen atoms in total. The number of nitrogens with one attached hydrogen (secondary N) is 2. The minimum Gasteiger partial charge on any atom is -0.383 e. The van der Waals surface area contributed by atoms with E-state index in [9.17, 15) is 13.2 Å². The molecule has 28 heavy (non-hydrogen) atoms. The minimum atomic E-state index is -3.66. The van der Waals surface area contributed by atoms with E-state index in [-0.39, 0.29) is 23.5 Å². The summed E-state index contributed by atoms with van der Waals surface area (Å²) in [7, 11) is -2.16. The van der Waals surface area contributed by atoms with Gasteiger partial charge in [0.25, 0.3) is 5.91 Å². The van der Waals surface area contributed by atoms with Gasteiger partial charge in [0.1, 0.15) is 4.88 Å². The first-order chi connectivity index (χ1) is 13.3. The van der Waals surface area contributed by atoms with Gasteiger partial charge in [0.15, 0.2) is 0 Å². The maximum absolute atomic E-state index is 12.6. The second-order valence-electron chi connectivity index (χ2n) is 6.20. The van der Waals surface area contributed by atoms with Crippen molar-refractivity contribution in [1.29, 1.82) is 0 Å². The second kappa shape index (κ2) is 8.59. The molecule has 1 heterocycles. The Hall–Kier alpha value is -1.97. The van der Waals surface area contributed by atoms with Crippen LogP contribution in [0.5, 0.6) is 0 Å². The van der Waals surface area contributed by atoms with Crippen molar-refractivity contribution in [2.45, 2.75) is 17.9 Å². The standard InChI is InChI=1S/C19H19ClN2O4S2/c1-12(11-26-2)22-28(24,25)14-9-7-13(8-10-14)21-19(23)18-17(20)15-5-3-4-6-16(15)27-18/h3-10,12,22H,11H2,1-2H3,(H,21,23). The Bertz CT molecular complexity index is 1090. The largest absolute Gasteiger partial charge is 0.383 e. The third-order valence-corrected chi connectivity index (χ3v) is 7.22. The number of carbonyl (C=O) groups excluding carboxylic acids is 1. The van der Waals surface area contributed by atoms with Gasteiger partial charge in [-0.15, -0.1) is 11.3 Å². The molecule has 1 amide bonds. The summed E-state index contributed by atoms with van der Waals surface area (Å²) in [5.74, 6) is -0.339. The fourth-order valence-corrected chi connectivity index (χ4v) is 5.32. The van der Waals surface area contributed by atoms with E-state index in [0.717, 1.165) is 10.1 Å². The number of hydrogen-bond donors (Lipinski definition) is 2. The molecule has 0 spiro atoms. The van der Waals surface area contributed by atoms with Crippen LogP contribution in [0.3, 0.4) is 0 Å². The number of anilines is 1. The Kier molecular flexibility index (Phi) is 6.36. The lowest BCUT2D eigenvalue weighted by atomic mass is 10.2. The van der Waals surface area contributed by atoms with Gasteiger partial charge in [-0.25, -0.2) is 13.1 Å². The number of carbonyl (C=O) groups is 1. The maximum atomic E-state index is 12.6. The van der Waals surface area contributed by atoms with Crippen molar-refractivity contribution in [3.8, 4) is 0 Å². The molecule has 0 bridgehead atoms. The third kappa shape index (κ3) is 4.53. The number of hydrogen-bond acceptors (Lipinski definition) is 5. The highest BCUT2D eigenvalue weighted by atomic mass is 35.5. The SMILES string of the molecule is COCC(C)NS(=O)(=O)c1ccc(NC(=O)c2sc3ccccc3c2Cl)cc1. The molecule has 0 aliphatic carbocycles. The number of benzene rings is 2. The van der Waals surface area contributed by atoms with E-state index < -0.39 is 10.0 Å². The zero-order valence-corrected chi connectivity index (χ0v) is 17.6. The molecule has 0 saturated heterocycles. The van der Waals surface area contributed by atoms with Gasteiger partial charge in [0, 0.05) is 28.9 Å². The van der Waals surface area contributed by atoms with Gasteiger partial charge in [-0.05, 0) is 37.3 Å². The number of sulfonamides is 1. The molecule has 0 fully saturated rings. The Morgan fingerprint density at radius 2 is 1.86 bits per heavy atom. The number of amides is 1. The molecule has 3 rings (SSSR count). The molecule has 0 aliphatic rings. The van der Waals surface area contributed by atoms with Gasteiger partial charge < -0.3 is 10.1 Å². The predicted molar refractivity (Wildman–Crippen MR) is 113 cm³/mol.